The van der Waals surface area contributed by atoms with E-state index in [0.717, 1.165) is 17.3 Å². The van der Waals surface area contributed by atoms with Gasteiger partial charge in [-0.1, -0.05) is 28.1 Å². The zero-order valence-corrected chi connectivity index (χ0v) is 10.3. The molecule has 0 saturated carbocycles. The van der Waals surface area contributed by atoms with E-state index < -0.39 is 12.1 Å². The highest BCUT2D eigenvalue weighted by molar-refractivity contribution is 9.09. The predicted molar refractivity (Wildman–Crippen MR) is 65.6 cm³/mol. The molecular formula is C11H14BrNO3. The molecule has 1 rings (SSSR count). The molecule has 0 aromatic heterocycles. The molecule has 0 heterocycles. The number of carboxylic acid groups (broad SMARTS) is 1. The Morgan fingerprint density at radius 1 is 1.50 bits per heavy atom. The van der Waals surface area contributed by atoms with E-state index in [-0.39, 0.29) is 0 Å². The standard InChI is InChI=1S/C11H14BrNO3/c12-6-2-4-7-3-1-5-8(13)9(7)10(14)11(15)16/h1,3,5,10,14H,2,4,6,13H2,(H,15,16). The number of hydrogen-bond donors (Lipinski definition) is 3. The first-order valence-electron chi connectivity index (χ1n) is 4.92. The van der Waals surface area contributed by atoms with E-state index in [0.29, 0.717) is 17.7 Å². The van der Waals surface area contributed by atoms with Crippen LogP contribution >= 0.6 is 15.9 Å². The molecule has 1 aromatic carbocycles. The molecule has 0 aliphatic carbocycles. The molecule has 1 atom stereocenters. The fraction of sp³-hybridized carbons (Fsp3) is 0.364. The molecule has 88 valence electrons. The summed E-state index contributed by atoms with van der Waals surface area (Å²) in [6.45, 7) is 0. The maximum absolute atomic E-state index is 10.8. The van der Waals surface area contributed by atoms with Crippen LogP contribution in [0.25, 0.3) is 0 Å². The van der Waals surface area contributed by atoms with Crippen LogP contribution in [0.15, 0.2) is 18.2 Å². The lowest BCUT2D eigenvalue weighted by Gasteiger charge is -2.14. The first kappa shape index (κ1) is 13.0. The third-order valence-corrected chi connectivity index (χ3v) is 2.88. The van der Waals surface area contributed by atoms with E-state index in [1.54, 1.807) is 18.2 Å². The molecule has 0 fully saturated rings. The summed E-state index contributed by atoms with van der Waals surface area (Å²) in [5.41, 5.74) is 7.12. The number of aliphatic hydroxyl groups excluding tert-OH is 1. The summed E-state index contributed by atoms with van der Waals surface area (Å²) in [7, 11) is 0. The van der Waals surface area contributed by atoms with Crippen LogP contribution in [0.5, 0.6) is 0 Å². The van der Waals surface area contributed by atoms with Gasteiger partial charge in [-0.05, 0) is 24.5 Å². The minimum absolute atomic E-state index is 0.316. The van der Waals surface area contributed by atoms with Gasteiger partial charge in [0.05, 0.1) is 0 Å². The van der Waals surface area contributed by atoms with Crippen molar-refractivity contribution in [2.24, 2.45) is 0 Å². The first-order valence-corrected chi connectivity index (χ1v) is 6.04. The Kier molecular flexibility index (Phi) is 4.76. The van der Waals surface area contributed by atoms with Crippen LogP contribution in [0, 0.1) is 0 Å². The summed E-state index contributed by atoms with van der Waals surface area (Å²) in [5.74, 6) is -1.28. The Balaban J connectivity index is 3.07. The summed E-state index contributed by atoms with van der Waals surface area (Å²) >= 11 is 3.31. The summed E-state index contributed by atoms with van der Waals surface area (Å²) in [5, 5.41) is 19.2. The minimum atomic E-state index is -1.55. The molecule has 0 aliphatic heterocycles. The number of nitrogen functional groups attached to an aromatic ring is 1. The average molecular weight is 288 g/mol. The summed E-state index contributed by atoms with van der Waals surface area (Å²) in [6.07, 6.45) is 0.00481. The fourth-order valence-electron chi connectivity index (χ4n) is 1.57. The topological polar surface area (TPSA) is 83.5 Å². The number of hydrogen-bond acceptors (Lipinski definition) is 3. The number of rotatable bonds is 5. The lowest BCUT2D eigenvalue weighted by atomic mass is 9.97. The van der Waals surface area contributed by atoms with Crippen LogP contribution in [0.1, 0.15) is 23.7 Å². The van der Waals surface area contributed by atoms with Gasteiger partial charge in [0, 0.05) is 16.6 Å². The minimum Gasteiger partial charge on any atom is -0.479 e. The van der Waals surface area contributed by atoms with Gasteiger partial charge in [-0.15, -0.1) is 0 Å². The van der Waals surface area contributed by atoms with Crippen LogP contribution in [0.4, 0.5) is 5.69 Å². The quantitative estimate of drug-likeness (QED) is 0.569. The molecule has 0 amide bonds. The van der Waals surface area contributed by atoms with Crippen LogP contribution in [0.2, 0.25) is 0 Å². The molecule has 0 radical (unpaired) electrons. The second kappa shape index (κ2) is 5.86. The molecule has 0 spiro atoms. The zero-order valence-electron chi connectivity index (χ0n) is 8.69. The van der Waals surface area contributed by atoms with E-state index in [2.05, 4.69) is 15.9 Å². The Labute approximate surface area is 102 Å². The number of anilines is 1. The van der Waals surface area contributed by atoms with E-state index in [9.17, 15) is 9.90 Å². The Bertz CT molecular complexity index is 381. The smallest absolute Gasteiger partial charge is 0.337 e. The van der Waals surface area contributed by atoms with Gasteiger partial charge >= 0.3 is 5.97 Å². The van der Waals surface area contributed by atoms with Crippen molar-refractivity contribution in [1.29, 1.82) is 0 Å². The van der Waals surface area contributed by atoms with Crippen molar-refractivity contribution in [3.63, 3.8) is 0 Å². The monoisotopic (exact) mass is 287 g/mol. The maximum atomic E-state index is 10.8. The number of aliphatic carboxylic acids is 1. The average Bonchev–Trinajstić information content (AvgIpc) is 2.25. The molecule has 4 nitrogen and oxygen atoms in total. The number of aliphatic hydroxyl groups is 1. The number of alkyl halides is 1. The normalized spacial score (nSPS) is 12.4. The number of carbonyl (C=O) groups is 1. The van der Waals surface area contributed by atoms with Crippen molar-refractivity contribution in [2.45, 2.75) is 18.9 Å². The van der Waals surface area contributed by atoms with Gasteiger partial charge in [0.25, 0.3) is 0 Å². The van der Waals surface area contributed by atoms with E-state index >= 15 is 0 Å². The van der Waals surface area contributed by atoms with E-state index in [1.807, 2.05) is 0 Å². The lowest BCUT2D eigenvalue weighted by molar-refractivity contribution is -0.146. The molecule has 0 saturated heterocycles. The van der Waals surface area contributed by atoms with Gasteiger partial charge in [-0.3, -0.25) is 0 Å². The van der Waals surface area contributed by atoms with Gasteiger partial charge in [-0.2, -0.15) is 0 Å². The molecule has 0 aliphatic rings. The molecular weight excluding hydrogens is 274 g/mol. The van der Waals surface area contributed by atoms with E-state index in [1.165, 1.54) is 0 Å². The highest BCUT2D eigenvalue weighted by atomic mass is 79.9. The van der Waals surface area contributed by atoms with Crippen LogP contribution < -0.4 is 5.73 Å². The molecule has 1 aromatic rings. The highest BCUT2D eigenvalue weighted by Gasteiger charge is 2.21. The van der Waals surface area contributed by atoms with Gasteiger partial charge in [0.2, 0.25) is 0 Å². The number of halogens is 1. The second-order valence-electron chi connectivity index (χ2n) is 3.45. The Morgan fingerprint density at radius 2 is 2.19 bits per heavy atom. The van der Waals surface area contributed by atoms with Crippen molar-refractivity contribution in [2.75, 3.05) is 11.1 Å². The summed E-state index contributed by atoms with van der Waals surface area (Å²) < 4.78 is 0. The third-order valence-electron chi connectivity index (χ3n) is 2.32. The highest BCUT2D eigenvalue weighted by Crippen LogP contribution is 2.26. The van der Waals surface area contributed by atoms with Crippen LogP contribution in [-0.4, -0.2) is 21.5 Å². The van der Waals surface area contributed by atoms with Crippen LogP contribution in [0.3, 0.4) is 0 Å². The first-order chi connectivity index (χ1) is 7.57. The van der Waals surface area contributed by atoms with E-state index in [4.69, 9.17) is 10.8 Å². The van der Waals surface area contributed by atoms with Gasteiger partial charge < -0.3 is 15.9 Å². The van der Waals surface area contributed by atoms with Gasteiger partial charge in [0.1, 0.15) is 0 Å². The number of aryl methyl sites for hydroxylation is 1. The van der Waals surface area contributed by atoms with Crippen molar-refractivity contribution in [1.82, 2.24) is 0 Å². The zero-order chi connectivity index (χ0) is 12.1. The fourth-order valence-corrected chi connectivity index (χ4v) is 1.85. The molecule has 1 unspecified atom stereocenters. The SMILES string of the molecule is Nc1cccc(CCCBr)c1C(O)C(=O)O. The largest absolute Gasteiger partial charge is 0.479 e. The van der Waals surface area contributed by atoms with Gasteiger partial charge in [0.15, 0.2) is 6.10 Å². The summed E-state index contributed by atoms with van der Waals surface area (Å²) in [4.78, 5) is 10.8. The van der Waals surface area contributed by atoms with Gasteiger partial charge in [-0.25, -0.2) is 4.79 Å². The number of carboxylic acids is 1. The summed E-state index contributed by atoms with van der Waals surface area (Å²) in [6, 6.07) is 5.15. The van der Waals surface area contributed by atoms with Crippen molar-refractivity contribution in [3.8, 4) is 0 Å². The number of benzene rings is 1. The Hall–Kier alpha value is -1.07. The van der Waals surface area contributed by atoms with Crippen molar-refractivity contribution >= 4 is 27.6 Å². The Morgan fingerprint density at radius 3 is 2.75 bits per heavy atom. The molecule has 0 bridgehead atoms. The molecule has 16 heavy (non-hydrogen) atoms. The molecule has 5 heteroatoms. The second-order valence-corrected chi connectivity index (χ2v) is 4.25. The van der Waals surface area contributed by atoms with Crippen molar-refractivity contribution < 1.29 is 15.0 Å². The third kappa shape index (κ3) is 2.96. The van der Waals surface area contributed by atoms with Crippen molar-refractivity contribution in [3.05, 3.63) is 29.3 Å². The number of nitrogens with two attached hydrogens (primary N) is 1. The predicted octanol–water partition coefficient (Wildman–Crippen LogP) is 1.71. The lowest BCUT2D eigenvalue weighted by Crippen LogP contribution is -2.15. The van der Waals surface area contributed by atoms with Crippen LogP contribution in [-0.2, 0) is 11.2 Å². The molecule has 4 N–H and O–H groups in total. The maximum Gasteiger partial charge on any atom is 0.337 e.